The van der Waals surface area contributed by atoms with Crippen molar-refractivity contribution in [2.45, 2.75) is 13.3 Å². The largest absolute Gasteiger partial charge is 0.366 e. The second-order valence-corrected chi connectivity index (χ2v) is 2.70. The van der Waals surface area contributed by atoms with Crippen LogP contribution < -0.4 is 11.1 Å². The van der Waals surface area contributed by atoms with Crippen LogP contribution in [0.15, 0.2) is 18.3 Å². The van der Waals surface area contributed by atoms with Crippen LogP contribution in [-0.4, -0.2) is 16.8 Å². The van der Waals surface area contributed by atoms with Gasteiger partial charge in [0.25, 0.3) is 0 Å². The molecule has 0 spiro atoms. The standard InChI is InChI=1S/C9H11N3O2/c1-2-8(13)12-7-5-6(9(10)14)3-4-11-7/h3-5H,2H2,1H3,(H2,10,14)(H,11,12,13). The van der Waals surface area contributed by atoms with Crippen LogP contribution in [0.1, 0.15) is 23.7 Å². The van der Waals surface area contributed by atoms with E-state index < -0.39 is 5.91 Å². The zero-order valence-corrected chi connectivity index (χ0v) is 7.78. The Morgan fingerprint density at radius 3 is 2.86 bits per heavy atom. The molecule has 0 bridgehead atoms. The number of nitrogens with two attached hydrogens (primary N) is 1. The van der Waals surface area contributed by atoms with Crippen molar-refractivity contribution in [3.05, 3.63) is 23.9 Å². The molecule has 1 rings (SSSR count). The van der Waals surface area contributed by atoms with Crippen LogP contribution >= 0.6 is 0 Å². The first-order chi connectivity index (χ1) is 6.63. The van der Waals surface area contributed by atoms with E-state index in [1.165, 1.54) is 18.3 Å². The van der Waals surface area contributed by atoms with Crippen LogP contribution in [0.4, 0.5) is 5.82 Å². The second-order valence-electron chi connectivity index (χ2n) is 2.70. The first-order valence-corrected chi connectivity index (χ1v) is 4.19. The molecular formula is C9H11N3O2. The lowest BCUT2D eigenvalue weighted by atomic mass is 10.2. The summed E-state index contributed by atoms with van der Waals surface area (Å²) >= 11 is 0. The van der Waals surface area contributed by atoms with Crippen LogP contribution in [0.25, 0.3) is 0 Å². The summed E-state index contributed by atoms with van der Waals surface area (Å²) in [6.45, 7) is 1.73. The van der Waals surface area contributed by atoms with Gasteiger partial charge >= 0.3 is 0 Å². The van der Waals surface area contributed by atoms with Gasteiger partial charge in [0.15, 0.2) is 0 Å². The van der Waals surface area contributed by atoms with Gasteiger partial charge in [-0.05, 0) is 12.1 Å². The summed E-state index contributed by atoms with van der Waals surface area (Å²) in [5.74, 6) is -0.355. The van der Waals surface area contributed by atoms with Crippen molar-refractivity contribution in [1.29, 1.82) is 0 Å². The lowest BCUT2D eigenvalue weighted by molar-refractivity contribution is -0.115. The number of nitrogens with one attached hydrogen (secondary N) is 1. The highest BCUT2D eigenvalue weighted by molar-refractivity contribution is 5.95. The highest BCUT2D eigenvalue weighted by Gasteiger charge is 2.04. The fourth-order valence-electron chi connectivity index (χ4n) is 0.883. The van der Waals surface area contributed by atoms with Crippen LogP contribution in [0.3, 0.4) is 0 Å². The Hall–Kier alpha value is -1.91. The zero-order valence-electron chi connectivity index (χ0n) is 7.78. The molecule has 5 heteroatoms. The van der Waals surface area contributed by atoms with Crippen LogP contribution in [0.2, 0.25) is 0 Å². The predicted octanol–water partition coefficient (Wildman–Crippen LogP) is 0.529. The number of hydrogen-bond donors (Lipinski definition) is 2. The molecule has 0 saturated heterocycles. The van der Waals surface area contributed by atoms with Crippen molar-refractivity contribution in [3.63, 3.8) is 0 Å². The summed E-state index contributed by atoms with van der Waals surface area (Å²) in [5, 5.41) is 2.53. The SMILES string of the molecule is CCC(=O)Nc1cc(C(N)=O)ccn1. The van der Waals surface area contributed by atoms with Gasteiger partial charge in [0.1, 0.15) is 5.82 Å². The maximum Gasteiger partial charge on any atom is 0.248 e. The third-order valence-corrected chi connectivity index (χ3v) is 1.63. The molecule has 0 radical (unpaired) electrons. The fraction of sp³-hybridized carbons (Fsp3) is 0.222. The summed E-state index contributed by atoms with van der Waals surface area (Å²) in [5.41, 5.74) is 5.39. The smallest absolute Gasteiger partial charge is 0.248 e. The number of carbonyl (C=O) groups excluding carboxylic acids is 2. The average Bonchev–Trinajstić information content (AvgIpc) is 2.18. The molecule has 0 aromatic carbocycles. The molecule has 2 amide bonds. The number of rotatable bonds is 3. The van der Waals surface area contributed by atoms with Crippen LogP contribution in [-0.2, 0) is 4.79 Å². The van der Waals surface area contributed by atoms with Gasteiger partial charge in [-0.3, -0.25) is 9.59 Å². The van der Waals surface area contributed by atoms with E-state index in [0.29, 0.717) is 17.8 Å². The number of hydrogen-bond acceptors (Lipinski definition) is 3. The first-order valence-electron chi connectivity index (χ1n) is 4.19. The minimum atomic E-state index is -0.542. The summed E-state index contributed by atoms with van der Waals surface area (Å²) in [4.78, 5) is 25.7. The lowest BCUT2D eigenvalue weighted by Gasteiger charge is -2.02. The molecule has 0 aliphatic carbocycles. The molecule has 1 heterocycles. The maximum absolute atomic E-state index is 11.0. The summed E-state index contributed by atoms with van der Waals surface area (Å²) < 4.78 is 0. The Morgan fingerprint density at radius 2 is 2.29 bits per heavy atom. The molecule has 3 N–H and O–H groups in total. The van der Waals surface area contributed by atoms with Crippen molar-refractivity contribution in [2.24, 2.45) is 5.73 Å². The van der Waals surface area contributed by atoms with Gasteiger partial charge in [-0.25, -0.2) is 4.98 Å². The van der Waals surface area contributed by atoms with Crippen molar-refractivity contribution in [1.82, 2.24) is 4.98 Å². The molecule has 0 unspecified atom stereocenters. The van der Waals surface area contributed by atoms with E-state index in [1.54, 1.807) is 6.92 Å². The van der Waals surface area contributed by atoms with Crippen LogP contribution in [0.5, 0.6) is 0 Å². The Balaban J connectivity index is 2.83. The monoisotopic (exact) mass is 193 g/mol. The first kappa shape index (κ1) is 10.2. The number of nitrogens with zero attached hydrogens (tertiary/aromatic N) is 1. The maximum atomic E-state index is 11.0. The van der Waals surface area contributed by atoms with E-state index in [9.17, 15) is 9.59 Å². The van der Waals surface area contributed by atoms with Crippen LogP contribution in [0, 0.1) is 0 Å². The molecule has 0 fully saturated rings. The van der Waals surface area contributed by atoms with E-state index in [2.05, 4.69) is 10.3 Å². The molecule has 0 aliphatic heterocycles. The molecule has 1 aromatic rings. The Morgan fingerprint density at radius 1 is 1.57 bits per heavy atom. The quantitative estimate of drug-likeness (QED) is 0.734. The number of pyridine rings is 1. The highest BCUT2D eigenvalue weighted by atomic mass is 16.2. The summed E-state index contributed by atoms with van der Waals surface area (Å²) in [6.07, 6.45) is 1.79. The minimum absolute atomic E-state index is 0.154. The molecule has 1 aromatic heterocycles. The van der Waals surface area contributed by atoms with Crippen molar-refractivity contribution in [3.8, 4) is 0 Å². The van der Waals surface area contributed by atoms with E-state index in [0.717, 1.165) is 0 Å². The third-order valence-electron chi connectivity index (χ3n) is 1.63. The zero-order chi connectivity index (χ0) is 10.6. The Kier molecular flexibility index (Phi) is 3.17. The number of carbonyl (C=O) groups is 2. The predicted molar refractivity (Wildman–Crippen MR) is 51.7 cm³/mol. The van der Waals surface area contributed by atoms with Gasteiger partial charge in [0.05, 0.1) is 0 Å². The second kappa shape index (κ2) is 4.36. The third kappa shape index (κ3) is 2.55. The van der Waals surface area contributed by atoms with Gasteiger partial charge in [-0.2, -0.15) is 0 Å². The number of anilines is 1. The normalized spacial score (nSPS) is 9.50. The summed E-state index contributed by atoms with van der Waals surface area (Å²) in [6, 6.07) is 2.93. The van der Waals surface area contributed by atoms with E-state index in [4.69, 9.17) is 5.73 Å². The molecular weight excluding hydrogens is 182 g/mol. The van der Waals surface area contributed by atoms with Gasteiger partial charge in [0.2, 0.25) is 11.8 Å². The molecule has 0 saturated carbocycles. The number of amides is 2. The lowest BCUT2D eigenvalue weighted by Crippen LogP contribution is -2.14. The van der Waals surface area contributed by atoms with E-state index >= 15 is 0 Å². The van der Waals surface area contributed by atoms with Gasteiger partial charge in [-0.1, -0.05) is 6.92 Å². The van der Waals surface area contributed by atoms with Gasteiger partial charge in [-0.15, -0.1) is 0 Å². The fourth-order valence-corrected chi connectivity index (χ4v) is 0.883. The summed E-state index contributed by atoms with van der Waals surface area (Å²) in [7, 11) is 0. The Labute approximate surface area is 81.3 Å². The Bertz CT molecular complexity index is 363. The molecule has 14 heavy (non-hydrogen) atoms. The molecule has 0 atom stereocenters. The van der Waals surface area contributed by atoms with Crippen molar-refractivity contribution in [2.75, 3.05) is 5.32 Å². The van der Waals surface area contributed by atoms with Gasteiger partial charge < -0.3 is 11.1 Å². The molecule has 0 aliphatic rings. The average molecular weight is 193 g/mol. The van der Waals surface area contributed by atoms with E-state index in [-0.39, 0.29) is 5.91 Å². The minimum Gasteiger partial charge on any atom is -0.366 e. The highest BCUT2D eigenvalue weighted by Crippen LogP contribution is 2.06. The number of primary amides is 1. The van der Waals surface area contributed by atoms with E-state index in [1.807, 2.05) is 0 Å². The topological polar surface area (TPSA) is 85.1 Å². The van der Waals surface area contributed by atoms with Crippen molar-refractivity contribution < 1.29 is 9.59 Å². The number of aromatic nitrogens is 1. The van der Waals surface area contributed by atoms with Gasteiger partial charge in [0, 0.05) is 18.2 Å². The molecule has 5 nitrogen and oxygen atoms in total. The van der Waals surface area contributed by atoms with Crippen molar-refractivity contribution >= 4 is 17.6 Å². The molecule has 74 valence electrons.